The summed E-state index contributed by atoms with van der Waals surface area (Å²) < 4.78 is 18.6. The molecule has 4 rings (SSSR count). The zero-order chi connectivity index (χ0) is 22.5. The van der Waals surface area contributed by atoms with E-state index in [4.69, 9.17) is 14.2 Å². The molecule has 32 heavy (non-hydrogen) atoms. The van der Waals surface area contributed by atoms with Crippen LogP contribution in [0.1, 0.15) is 29.4 Å². The van der Waals surface area contributed by atoms with Gasteiger partial charge in [0.2, 0.25) is 12.7 Å². The second-order valence-electron chi connectivity index (χ2n) is 7.38. The Morgan fingerprint density at radius 2 is 2.03 bits per heavy atom. The minimum atomic E-state index is -0.0773. The second kappa shape index (κ2) is 9.95. The van der Waals surface area contributed by atoms with Crippen molar-refractivity contribution >= 4 is 17.7 Å². The molecule has 0 saturated heterocycles. The lowest BCUT2D eigenvalue weighted by molar-refractivity contribution is -0.118. The number of amides is 1. The summed E-state index contributed by atoms with van der Waals surface area (Å²) in [5.74, 6) is 3.18. The first-order valence-corrected chi connectivity index (χ1v) is 11.4. The Balaban J connectivity index is 1.30. The van der Waals surface area contributed by atoms with Gasteiger partial charge in [-0.05, 0) is 55.7 Å². The van der Waals surface area contributed by atoms with E-state index in [-0.39, 0.29) is 18.5 Å². The van der Waals surface area contributed by atoms with Crippen molar-refractivity contribution in [2.75, 3.05) is 12.5 Å². The number of carbonyl (C=O) groups excluding carboxylic acids is 1. The minimum absolute atomic E-state index is 0.0773. The number of ether oxygens (including phenoxy) is 3. The predicted molar refractivity (Wildman–Crippen MR) is 121 cm³/mol. The summed E-state index contributed by atoms with van der Waals surface area (Å²) in [4.78, 5) is 12.3. The molecule has 1 aromatic heterocycles. The van der Waals surface area contributed by atoms with Crippen molar-refractivity contribution in [1.29, 1.82) is 0 Å². The largest absolute Gasteiger partial charge is 0.485 e. The van der Waals surface area contributed by atoms with Gasteiger partial charge in [-0.2, -0.15) is 0 Å². The van der Waals surface area contributed by atoms with Crippen LogP contribution in [0.15, 0.2) is 41.6 Å². The number of hydrogen-bond donors (Lipinski definition) is 1. The molecule has 0 unspecified atom stereocenters. The van der Waals surface area contributed by atoms with Crippen LogP contribution in [0.4, 0.5) is 0 Å². The highest BCUT2D eigenvalue weighted by molar-refractivity contribution is 7.99. The number of aromatic nitrogens is 3. The summed E-state index contributed by atoms with van der Waals surface area (Å²) in [5.41, 5.74) is 3.25. The molecule has 168 valence electrons. The molecule has 1 amide bonds. The molecule has 0 radical (unpaired) electrons. The van der Waals surface area contributed by atoms with Crippen LogP contribution in [-0.4, -0.2) is 33.2 Å². The lowest BCUT2D eigenvalue weighted by Crippen LogP contribution is -2.24. The van der Waals surface area contributed by atoms with E-state index >= 15 is 0 Å². The maximum atomic E-state index is 12.3. The number of rotatable bonds is 9. The van der Waals surface area contributed by atoms with Gasteiger partial charge in [0.1, 0.15) is 12.4 Å². The Bertz CT molecular complexity index is 1120. The van der Waals surface area contributed by atoms with Gasteiger partial charge >= 0.3 is 0 Å². The third-order valence-electron chi connectivity index (χ3n) is 5.28. The van der Waals surface area contributed by atoms with Crippen molar-refractivity contribution in [3.8, 4) is 17.2 Å². The number of carbonyl (C=O) groups is 1. The molecule has 1 aliphatic heterocycles. The summed E-state index contributed by atoms with van der Waals surface area (Å²) in [6.07, 6.45) is 0. The van der Waals surface area contributed by atoms with Crippen molar-refractivity contribution in [3.05, 3.63) is 58.9 Å². The SMILES string of the molecule is CCn1c(COc2cccc(C)c2C)nnc1SCC(=O)NCc1ccc2c(c1)OCO2. The van der Waals surface area contributed by atoms with Crippen molar-refractivity contribution in [1.82, 2.24) is 20.1 Å². The molecule has 9 heteroatoms. The second-order valence-corrected chi connectivity index (χ2v) is 8.33. The van der Waals surface area contributed by atoms with Crippen molar-refractivity contribution in [2.24, 2.45) is 0 Å². The van der Waals surface area contributed by atoms with Gasteiger partial charge in [-0.1, -0.05) is 30.0 Å². The molecule has 0 aliphatic carbocycles. The highest BCUT2D eigenvalue weighted by Crippen LogP contribution is 2.32. The van der Waals surface area contributed by atoms with E-state index in [0.29, 0.717) is 30.6 Å². The zero-order valence-corrected chi connectivity index (χ0v) is 19.2. The van der Waals surface area contributed by atoms with Gasteiger partial charge in [0.25, 0.3) is 0 Å². The monoisotopic (exact) mass is 454 g/mol. The molecule has 0 bridgehead atoms. The molecular weight excluding hydrogens is 428 g/mol. The van der Waals surface area contributed by atoms with Crippen LogP contribution >= 0.6 is 11.8 Å². The number of nitrogens with one attached hydrogen (secondary N) is 1. The van der Waals surface area contributed by atoms with Crippen LogP contribution in [-0.2, 0) is 24.5 Å². The molecule has 0 fully saturated rings. The summed E-state index contributed by atoms with van der Waals surface area (Å²) in [5, 5.41) is 12.1. The third-order valence-corrected chi connectivity index (χ3v) is 6.25. The van der Waals surface area contributed by atoms with Crippen LogP contribution in [0.3, 0.4) is 0 Å². The van der Waals surface area contributed by atoms with Crippen molar-refractivity contribution < 1.29 is 19.0 Å². The first-order valence-electron chi connectivity index (χ1n) is 10.4. The molecule has 2 heterocycles. The highest BCUT2D eigenvalue weighted by Gasteiger charge is 2.16. The van der Waals surface area contributed by atoms with E-state index in [0.717, 1.165) is 28.5 Å². The van der Waals surface area contributed by atoms with E-state index in [1.54, 1.807) is 0 Å². The topological polar surface area (TPSA) is 87.5 Å². The molecule has 8 nitrogen and oxygen atoms in total. The maximum absolute atomic E-state index is 12.3. The van der Waals surface area contributed by atoms with Gasteiger partial charge in [0, 0.05) is 13.1 Å². The van der Waals surface area contributed by atoms with Gasteiger partial charge in [0.15, 0.2) is 22.5 Å². The average Bonchev–Trinajstić information content (AvgIpc) is 3.43. The predicted octanol–water partition coefficient (Wildman–Crippen LogP) is 3.63. The normalized spacial score (nSPS) is 12.1. The fraction of sp³-hybridized carbons (Fsp3) is 0.348. The van der Waals surface area contributed by atoms with Crippen LogP contribution < -0.4 is 19.5 Å². The Morgan fingerprint density at radius 3 is 2.88 bits per heavy atom. The molecule has 0 atom stereocenters. The van der Waals surface area contributed by atoms with Gasteiger partial charge in [-0.3, -0.25) is 4.79 Å². The van der Waals surface area contributed by atoms with Crippen LogP contribution in [0, 0.1) is 13.8 Å². The van der Waals surface area contributed by atoms with Crippen molar-refractivity contribution in [3.63, 3.8) is 0 Å². The number of benzene rings is 2. The number of aryl methyl sites for hydroxylation is 1. The molecule has 0 saturated carbocycles. The molecule has 3 aromatic rings. The number of hydrogen-bond acceptors (Lipinski definition) is 7. The maximum Gasteiger partial charge on any atom is 0.231 e. The Hall–Kier alpha value is -3.20. The van der Waals surface area contributed by atoms with E-state index in [2.05, 4.69) is 28.5 Å². The summed E-state index contributed by atoms with van der Waals surface area (Å²) >= 11 is 1.36. The Morgan fingerprint density at radius 1 is 1.19 bits per heavy atom. The summed E-state index contributed by atoms with van der Waals surface area (Å²) in [6, 6.07) is 11.6. The van der Waals surface area contributed by atoms with Gasteiger partial charge < -0.3 is 24.1 Å². The van der Waals surface area contributed by atoms with Crippen molar-refractivity contribution in [2.45, 2.75) is 45.6 Å². The average molecular weight is 455 g/mol. The summed E-state index contributed by atoms with van der Waals surface area (Å²) in [7, 11) is 0. The van der Waals surface area contributed by atoms with E-state index in [1.165, 1.54) is 17.3 Å². The number of nitrogens with zero attached hydrogens (tertiary/aromatic N) is 3. The lowest BCUT2D eigenvalue weighted by Gasteiger charge is -2.11. The van der Waals surface area contributed by atoms with Gasteiger partial charge in [-0.25, -0.2) is 0 Å². The third kappa shape index (κ3) is 4.99. The first-order chi connectivity index (χ1) is 15.5. The van der Waals surface area contributed by atoms with Gasteiger partial charge in [-0.15, -0.1) is 10.2 Å². The smallest absolute Gasteiger partial charge is 0.231 e. The quantitative estimate of drug-likeness (QED) is 0.494. The van der Waals surface area contributed by atoms with Gasteiger partial charge in [0.05, 0.1) is 5.75 Å². The van der Waals surface area contributed by atoms with E-state index in [1.807, 2.05) is 48.7 Å². The Labute approximate surface area is 191 Å². The fourth-order valence-electron chi connectivity index (χ4n) is 3.31. The van der Waals surface area contributed by atoms with Crippen LogP contribution in [0.25, 0.3) is 0 Å². The standard InChI is InChI=1S/C23H26N4O4S/c1-4-27-21(12-29-18-7-5-6-15(2)16(18)3)25-26-23(27)32-13-22(28)24-11-17-8-9-19-20(10-17)31-14-30-19/h5-10H,4,11-14H2,1-3H3,(H,24,28). The van der Waals surface area contributed by atoms with Crippen LogP contribution in [0.5, 0.6) is 17.2 Å². The molecule has 2 aromatic carbocycles. The molecule has 0 spiro atoms. The van der Waals surface area contributed by atoms with Crippen LogP contribution in [0.2, 0.25) is 0 Å². The van der Waals surface area contributed by atoms with E-state index in [9.17, 15) is 4.79 Å². The number of thioether (sulfide) groups is 1. The summed E-state index contributed by atoms with van der Waals surface area (Å²) in [6.45, 7) is 7.79. The Kier molecular flexibility index (Phi) is 6.84. The fourth-order valence-corrected chi connectivity index (χ4v) is 4.16. The molecule has 1 aliphatic rings. The molecule has 1 N–H and O–H groups in total. The molecular formula is C23H26N4O4S. The highest BCUT2D eigenvalue weighted by atomic mass is 32.2. The zero-order valence-electron chi connectivity index (χ0n) is 18.4. The number of fused-ring (bicyclic) bond motifs is 1. The lowest BCUT2D eigenvalue weighted by atomic mass is 10.1. The first kappa shape index (κ1) is 22.0. The minimum Gasteiger partial charge on any atom is -0.485 e. The van der Waals surface area contributed by atoms with E-state index < -0.39 is 0 Å².